The van der Waals surface area contributed by atoms with Crippen molar-refractivity contribution in [3.63, 3.8) is 0 Å². The lowest BCUT2D eigenvalue weighted by atomic mass is 10.1. The zero-order chi connectivity index (χ0) is 16.1. The minimum absolute atomic E-state index is 0.0672. The van der Waals surface area contributed by atoms with Crippen molar-refractivity contribution in [2.45, 2.75) is 13.8 Å². The van der Waals surface area contributed by atoms with Crippen LogP contribution in [0.3, 0.4) is 0 Å². The molecule has 0 aliphatic carbocycles. The normalized spacial score (nSPS) is 10.1. The molecule has 0 fully saturated rings. The maximum Gasteiger partial charge on any atom is 0.251 e. The van der Waals surface area contributed by atoms with Gasteiger partial charge in [-0.1, -0.05) is 33.6 Å². The zero-order valence-electron chi connectivity index (χ0n) is 12.4. The van der Waals surface area contributed by atoms with Crippen LogP contribution in [0.1, 0.15) is 21.5 Å². The summed E-state index contributed by atoms with van der Waals surface area (Å²) in [6, 6.07) is 12.8. The highest BCUT2D eigenvalue weighted by molar-refractivity contribution is 9.10. The van der Waals surface area contributed by atoms with Gasteiger partial charge in [-0.25, -0.2) is 0 Å². The number of carbonyl (C=O) groups excluding carboxylic acids is 2. The van der Waals surface area contributed by atoms with E-state index >= 15 is 0 Å². The minimum atomic E-state index is -0.261. The van der Waals surface area contributed by atoms with Gasteiger partial charge in [0.15, 0.2) is 0 Å². The Hall–Kier alpha value is -2.14. The second kappa shape index (κ2) is 7.22. The molecule has 0 aliphatic rings. The Morgan fingerprint density at radius 2 is 1.73 bits per heavy atom. The number of hydrogen-bond acceptors (Lipinski definition) is 2. The van der Waals surface area contributed by atoms with Crippen LogP contribution >= 0.6 is 15.9 Å². The van der Waals surface area contributed by atoms with E-state index in [1.54, 1.807) is 12.1 Å². The first-order valence-corrected chi connectivity index (χ1v) is 7.66. The highest BCUT2D eigenvalue weighted by Gasteiger charge is 2.09. The van der Waals surface area contributed by atoms with Gasteiger partial charge in [-0.3, -0.25) is 9.59 Å². The smallest absolute Gasteiger partial charge is 0.251 e. The van der Waals surface area contributed by atoms with E-state index in [1.807, 2.05) is 44.2 Å². The summed E-state index contributed by atoms with van der Waals surface area (Å²) >= 11 is 3.37. The molecule has 0 aliphatic heterocycles. The van der Waals surface area contributed by atoms with Crippen molar-refractivity contribution in [2.75, 3.05) is 11.9 Å². The third-order valence-electron chi connectivity index (χ3n) is 3.19. The quantitative estimate of drug-likeness (QED) is 0.877. The maximum absolute atomic E-state index is 11.9. The molecular formula is C17H17BrN2O2. The van der Waals surface area contributed by atoms with Crippen LogP contribution in [-0.2, 0) is 4.79 Å². The summed E-state index contributed by atoms with van der Waals surface area (Å²) in [6.45, 7) is 3.79. The molecule has 2 aromatic carbocycles. The fraction of sp³-hybridized carbons (Fsp3) is 0.176. The highest BCUT2D eigenvalue weighted by Crippen LogP contribution is 2.19. The number of rotatable bonds is 4. The van der Waals surface area contributed by atoms with Crippen LogP contribution in [0.4, 0.5) is 5.69 Å². The van der Waals surface area contributed by atoms with Crippen LogP contribution in [0.15, 0.2) is 46.9 Å². The zero-order valence-corrected chi connectivity index (χ0v) is 14.0. The molecule has 0 radical (unpaired) electrons. The molecule has 2 rings (SSSR count). The summed E-state index contributed by atoms with van der Waals surface area (Å²) in [7, 11) is 0. The van der Waals surface area contributed by atoms with Crippen molar-refractivity contribution in [1.82, 2.24) is 5.32 Å². The number of hydrogen-bond donors (Lipinski definition) is 2. The number of halogens is 1. The van der Waals surface area contributed by atoms with Crippen molar-refractivity contribution in [1.29, 1.82) is 0 Å². The Balaban J connectivity index is 1.89. The first-order valence-electron chi connectivity index (χ1n) is 6.86. The van der Waals surface area contributed by atoms with E-state index < -0.39 is 0 Å². The molecule has 2 amide bonds. The Bertz CT molecular complexity index is 696. The van der Waals surface area contributed by atoms with E-state index in [0.717, 1.165) is 21.3 Å². The number of anilines is 1. The van der Waals surface area contributed by atoms with Crippen molar-refractivity contribution in [3.8, 4) is 0 Å². The lowest BCUT2D eigenvalue weighted by Gasteiger charge is -2.09. The van der Waals surface area contributed by atoms with Crippen molar-refractivity contribution in [3.05, 3.63) is 63.6 Å². The van der Waals surface area contributed by atoms with E-state index in [0.29, 0.717) is 5.56 Å². The lowest BCUT2D eigenvalue weighted by molar-refractivity contribution is -0.115. The Labute approximate surface area is 138 Å². The fourth-order valence-electron chi connectivity index (χ4n) is 1.93. The molecular weight excluding hydrogens is 344 g/mol. The van der Waals surface area contributed by atoms with E-state index in [9.17, 15) is 9.59 Å². The van der Waals surface area contributed by atoms with Gasteiger partial charge in [0.2, 0.25) is 5.91 Å². The van der Waals surface area contributed by atoms with Gasteiger partial charge in [-0.2, -0.15) is 0 Å². The van der Waals surface area contributed by atoms with E-state index in [4.69, 9.17) is 0 Å². The van der Waals surface area contributed by atoms with Crippen molar-refractivity contribution < 1.29 is 9.59 Å². The molecule has 0 heterocycles. The molecule has 2 N–H and O–H groups in total. The Morgan fingerprint density at radius 1 is 1.05 bits per heavy atom. The van der Waals surface area contributed by atoms with Crippen LogP contribution < -0.4 is 10.6 Å². The second-order valence-electron chi connectivity index (χ2n) is 5.06. The lowest BCUT2D eigenvalue weighted by Crippen LogP contribution is -2.32. The van der Waals surface area contributed by atoms with Gasteiger partial charge < -0.3 is 10.6 Å². The average Bonchev–Trinajstić information content (AvgIpc) is 2.48. The van der Waals surface area contributed by atoms with Gasteiger partial charge >= 0.3 is 0 Å². The highest BCUT2D eigenvalue weighted by atomic mass is 79.9. The predicted molar refractivity (Wildman–Crippen MR) is 91.0 cm³/mol. The Morgan fingerprint density at radius 3 is 2.36 bits per heavy atom. The monoisotopic (exact) mass is 360 g/mol. The van der Waals surface area contributed by atoms with E-state index in [1.165, 1.54) is 0 Å². The number of benzene rings is 2. The molecule has 114 valence electrons. The summed E-state index contributed by atoms with van der Waals surface area (Å²) in [5, 5.41) is 5.39. The SMILES string of the molecule is Cc1ccc(C(=O)NCC(=O)Nc2ccc(Br)cc2C)cc1. The van der Waals surface area contributed by atoms with E-state index in [2.05, 4.69) is 26.6 Å². The topological polar surface area (TPSA) is 58.2 Å². The fourth-order valence-corrected chi connectivity index (χ4v) is 2.40. The first-order chi connectivity index (χ1) is 10.5. The molecule has 22 heavy (non-hydrogen) atoms. The van der Waals surface area contributed by atoms with Gasteiger partial charge in [-0.15, -0.1) is 0 Å². The summed E-state index contributed by atoms with van der Waals surface area (Å²) in [5.41, 5.74) is 3.31. The molecule has 0 atom stereocenters. The second-order valence-corrected chi connectivity index (χ2v) is 5.97. The number of nitrogens with one attached hydrogen (secondary N) is 2. The number of amides is 2. The first kappa shape index (κ1) is 16.2. The van der Waals surface area contributed by atoms with Gasteiger partial charge in [0, 0.05) is 15.7 Å². The third-order valence-corrected chi connectivity index (χ3v) is 3.68. The molecule has 0 unspecified atom stereocenters. The molecule has 0 aromatic heterocycles. The number of carbonyl (C=O) groups is 2. The van der Waals surface area contributed by atoms with Crippen LogP contribution in [0.25, 0.3) is 0 Å². The Kier molecular flexibility index (Phi) is 5.33. The summed E-state index contributed by atoms with van der Waals surface area (Å²) in [5.74, 6) is -0.520. The predicted octanol–water partition coefficient (Wildman–Crippen LogP) is 3.43. The summed E-state index contributed by atoms with van der Waals surface area (Å²) < 4.78 is 0.954. The standard InChI is InChI=1S/C17H17BrN2O2/c1-11-3-5-13(6-4-11)17(22)19-10-16(21)20-15-8-7-14(18)9-12(15)2/h3-9H,10H2,1-2H3,(H,19,22)(H,20,21). The van der Waals surface area contributed by atoms with Gasteiger partial charge in [0.1, 0.15) is 0 Å². The molecule has 5 heteroatoms. The summed E-state index contributed by atoms with van der Waals surface area (Å²) in [4.78, 5) is 23.8. The molecule has 2 aromatic rings. The van der Waals surface area contributed by atoms with Gasteiger partial charge in [0.25, 0.3) is 5.91 Å². The summed E-state index contributed by atoms with van der Waals surface area (Å²) in [6.07, 6.45) is 0. The molecule has 0 bridgehead atoms. The van der Waals surface area contributed by atoms with Gasteiger partial charge in [-0.05, 0) is 49.7 Å². The molecule has 4 nitrogen and oxygen atoms in total. The van der Waals surface area contributed by atoms with Crippen molar-refractivity contribution >= 4 is 33.4 Å². The molecule has 0 saturated carbocycles. The van der Waals surface area contributed by atoms with Crippen LogP contribution in [0.2, 0.25) is 0 Å². The third kappa shape index (κ3) is 4.43. The average molecular weight is 361 g/mol. The number of aryl methyl sites for hydroxylation is 2. The van der Waals surface area contributed by atoms with Crippen molar-refractivity contribution in [2.24, 2.45) is 0 Å². The van der Waals surface area contributed by atoms with Gasteiger partial charge in [0.05, 0.1) is 6.54 Å². The van der Waals surface area contributed by atoms with E-state index in [-0.39, 0.29) is 18.4 Å². The maximum atomic E-state index is 11.9. The molecule has 0 spiro atoms. The van der Waals surface area contributed by atoms with Crippen LogP contribution in [0, 0.1) is 13.8 Å². The minimum Gasteiger partial charge on any atom is -0.343 e. The molecule has 0 saturated heterocycles. The van der Waals surface area contributed by atoms with Crippen LogP contribution in [0.5, 0.6) is 0 Å². The largest absolute Gasteiger partial charge is 0.343 e. The van der Waals surface area contributed by atoms with Crippen LogP contribution in [-0.4, -0.2) is 18.4 Å².